The van der Waals surface area contributed by atoms with Crippen LogP contribution < -0.4 is 15.0 Å². The lowest BCUT2D eigenvalue weighted by atomic mass is 10.0. The smallest absolute Gasteiger partial charge is 0.387 e. The molecule has 5 rings (SSSR count). The van der Waals surface area contributed by atoms with E-state index in [9.17, 15) is 28.4 Å². The summed E-state index contributed by atoms with van der Waals surface area (Å²) in [5, 5.41) is 9.74. The quantitative estimate of drug-likeness (QED) is 0.149. The second-order valence-electron chi connectivity index (χ2n) is 9.64. The average molecular weight is 622 g/mol. The van der Waals surface area contributed by atoms with Gasteiger partial charge in [0.1, 0.15) is 12.6 Å². The van der Waals surface area contributed by atoms with E-state index in [2.05, 4.69) is 9.72 Å². The Bertz CT molecular complexity index is 1520. The van der Waals surface area contributed by atoms with E-state index < -0.39 is 37.0 Å². The minimum absolute atomic E-state index is 0.00539. The molecule has 2 N–H and O–H groups in total. The molecule has 1 aliphatic carbocycles. The van der Waals surface area contributed by atoms with Gasteiger partial charge in [-0.2, -0.15) is 8.78 Å². The number of fused-ring (bicyclic) bond motifs is 1. The van der Waals surface area contributed by atoms with Gasteiger partial charge in [0.2, 0.25) is 0 Å². The van der Waals surface area contributed by atoms with Gasteiger partial charge in [-0.3, -0.25) is 35.0 Å². The van der Waals surface area contributed by atoms with Gasteiger partial charge in [0.15, 0.2) is 11.5 Å². The summed E-state index contributed by atoms with van der Waals surface area (Å²) < 4.78 is 42.2. The summed E-state index contributed by atoms with van der Waals surface area (Å²) in [5.74, 6) is -2.37. The number of nitrogens with one attached hydrogen (secondary N) is 1. The van der Waals surface area contributed by atoms with Crippen molar-refractivity contribution in [3.63, 3.8) is 0 Å². The zero-order chi connectivity index (χ0) is 30.0. The fourth-order valence-electron chi connectivity index (χ4n) is 4.46. The van der Waals surface area contributed by atoms with Crippen molar-refractivity contribution in [1.82, 2.24) is 9.88 Å². The number of hydrogen-bond donors (Lipinski definition) is 2. The van der Waals surface area contributed by atoms with Crippen molar-refractivity contribution in [3.8, 4) is 11.5 Å². The van der Waals surface area contributed by atoms with Gasteiger partial charge in [-0.1, -0.05) is 35.3 Å². The van der Waals surface area contributed by atoms with Crippen molar-refractivity contribution in [3.05, 3.63) is 81.1 Å². The standard InChI is InChI=1S/C28H23Cl2F2N3O7/c29-18-10-33-11-19(30)17(18)9-22(15-6-7-21(42-28(31)32)23(8-15)40-13-14-4-5-14)41-24(36)12-35-26(37)16-2-1-3-20(34-39)25(16)27(35)38/h1-3,6-8,10-11,14,22,28,34,39H,4-5,9,12-13H2/t22-/m0/s1. The van der Waals surface area contributed by atoms with Crippen LogP contribution in [0.3, 0.4) is 0 Å². The second kappa shape index (κ2) is 12.5. The van der Waals surface area contributed by atoms with E-state index in [1.807, 2.05) is 5.48 Å². The number of nitrogens with zero attached hydrogens (tertiary/aromatic N) is 2. The number of anilines is 1. The van der Waals surface area contributed by atoms with Gasteiger partial charge in [0.05, 0.1) is 33.5 Å². The van der Waals surface area contributed by atoms with Crippen LogP contribution >= 0.6 is 23.2 Å². The summed E-state index contributed by atoms with van der Waals surface area (Å²) in [6, 6.07) is 8.37. The minimum atomic E-state index is -3.09. The van der Waals surface area contributed by atoms with Crippen molar-refractivity contribution >= 4 is 46.7 Å². The number of imide groups is 1. The zero-order valence-corrected chi connectivity index (χ0v) is 23.2. The Morgan fingerprint density at radius 2 is 1.83 bits per heavy atom. The predicted octanol–water partition coefficient (Wildman–Crippen LogP) is 5.70. The molecule has 1 fully saturated rings. The lowest BCUT2D eigenvalue weighted by Gasteiger charge is -2.22. The molecule has 2 heterocycles. The molecule has 2 amide bonds. The Morgan fingerprint density at radius 1 is 1.10 bits per heavy atom. The molecule has 0 radical (unpaired) electrons. The molecular weight excluding hydrogens is 599 g/mol. The topological polar surface area (TPSA) is 127 Å². The van der Waals surface area contributed by atoms with Crippen LogP contribution in [0.1, 0.15) is 50.8 Å². The van der Waals surface area contributed by atoms with Crippen LogP contribution in [0.25, 0.3) is 0 Å². The Labute approximate surface area is 248 Å². The highest BCUT2D eigenvalue weighted by molar-refractivity contribution is 6.35. The number of alkyl halides is 2. The highest BCUT2D eigenvalue weighted by atomic mass is 35.5. The van der Waals surface area contributed by atoms with Crippen LogP contribution in [-0.4, -0.2) is 52.6 Å². The van der Waals surface area contributed by atoms with E-state index >= 15 is 0 Å². The number of amides is 2. The Balaban J connectivity index is 1.43. The van der Waals surface area contributed by atoms with Gasteiger partial charge < -0.3 is 14.2 Å². The number of rotatable bonds is 12. The fourth-order valence-corrected chi connectivity index (χ4v) is 4.98. The monoisotopic (exact) mass is 621 g/mol. The third-order valence-corrected chi connectivity index (χ3v) is 7.40. The molecule has 10 nitrogen and oxygen atoms in total. The molecule has 2 aromatic carbocycles. The lowest BCUT2D eigenvalue weighted by Crippen LogP contribution is -2.36. The van der Waals surface area contributed by atoms with Gasteiger partial charge in [-0.15, -0.1) is 0 Å². The Kier molecular flexibility index (Phi) is 8.76. The van der Waals surface area contributed by atoms with Gasteiger partial charge in [-0.05, 0) is 54.2 Å². The number of carbonyl (C=O) groups is 3. The predicted molar refractivity (Wildman–Crippen MR) is 145 cm³/mol. The van der Waals surface area contributed by atoms with E-state index in [0.717, 1.165) is 12.8 Å². The third-order valence-electron chi connectivity index (χ3n) is 6.75. The molecule has 0 saturated heterocycles. The molecule has 1 atom stereocenters. The first-order chi connectivity index (χ1) is 20.2. The van der Waals surface area contributed by atoms with E-state index in [-0.39, 0.29) is 44.8 Å². The van der Waals surface area contributed by atoms with Gasteiger partial charge in [-0.25, -0.2) is 0 Å². The summed E-state index contributed by atoms with van der Waals surface area (Å²) in [5.41, 5.74) is 2.51. The minimum Gasteiger partial charge on any atom is -0.489 e. The molecule has 1 aromatic heterocycles. The van der Waals surface area contributed by atoms with Crippen LogP contribution in [0.2, 0.25) is 10.0 Å². The average Bonchev–Trinajstić information content (AvgIpc) is 3.76. The summed E-state index contributed by atoms with van der Waals surface area (Å²) in [6.07, 6.45) is 3.45. The number of benzene rings is 2. The molecule has 0 bridgehead atoms. The Morgan fingerprint density at radius 3 is 2.50 bits per heavy atom. The highest BCUT2D eigenvalue weighted by Gasteiger charge is 2.39. The van der Waals surface area contributed by atoms with E-state index in [0.29, 0.717) is 28.6 Å². The Hall–Kier alpha value is -4.00. The van der Waals surface area contributed by atoms with Crippen molar-refractivity contribution in [2.45, 2.75) is 32.0 Å². The molecule has 0 spiro atoms. The van der Waals surface area contributed by atoms with Crippen molar-refractivity contribution < 1.29 is 42.6 Å². The molecule has 3 aromatic rings. The van der Waals surface area contributed by atoms with Gasteiger partial charge in [0, 0.05) is 18.8 Å². The number of ether oxygens (including phenoxy) is 3. The van der Waals surface area contributed by atoms with Crippen LogP contribution in [0.15, 0.2) is 48.8 Å². The molecule has 1 saturated carbocycles. The number of aromatic nitrogens is 1. The maximum absolute atomic E-state index is 13.2. The molecule has 14 heteroatoms. The summed E-state index contributed by atoms with van der Waals surface area (Å²) in [7, 11) is 0. The summed E-state index contributed by atoms with van der Waals surface area (Å²) in [6.45, 7) is -3.55. The van der Waals surface area contributed by atoms with Crippen LogP contribution in [0.4, 0.5) is 14.5 Å². The molecule has 1 aliphatic heterocycles. The SMILES string of the molecule is O=C(CN1C(=O)c2cccc(NO)c2C1=O)O[C@@H](Cc1c(Cl)cncc1Cl)c1ccc(OC(F)F)c(OCC2CC2)c1. The molecule has 2 aliphatic rings. The van der Waals surface area contributed by atoms with Crippen LogP contribution in [0.5, 0.6) is 11.5 Å². The van der Waals surface area contributed by atoms with Crippen molar-refractivity contribution in [2.24, 2.45) is 5.92 Å². The summed E-state index contributed by atoms with van der Waals surface area (Å²) >= 11 is 12.6. The van der Waals surface area contributed by atoms with Crippen molar-refractivity contribution in [2.75, 3.05) is 18.6 Å². The van der Waals surface area contributed by atoms with E-state index in [1.165, 1.54) is 48.8 Å². The maximum Gasteiger partial charge on any atom is 0.387 e. The lowest BCUT2D eigenvalue weighted by molar-refractivity contribution is -0.149. The first-order valence-electron chi connectivity index (χ1n) is 12.7. The number of pyridine rings is 1. The van der Waals surface area contributed by atoms with Crippen LogP contribution in [0, 0.1) is 5.92 Å². The third kappa shape index (κ3) is 6.40. The zero-order valence-electron chi connectivity index (χ0n) is 21.7. The van der Waals surface area contributed by atoms with Gasteiger partial charge >= 0.3 is 12.6 Å². The molecular formula is C28H23Cl2F2N3O7. The summed E-state index contributed by atoms with van der Waals surface area (Å²) in [4.78, 5) is 43.7. The van der Waals surface area contributed by atoms with E-state index in [4.69, 9.17) is 32.7 Å². The highest BCUT2D eigenvalue weighted by Crippen LogP contribution is 2.38. The number of esters is 1. The van der Waals surface area contributed by atoms with Crippen LogP contribution in [-0.2, 0) is 16.0 Å². The second-order valence-corrected chi connectivity index (χ2v) is 10.5. The first-order valence-corrected chi connectivity index (χ1v) is 13.5. The van der Waals surface area contributed by atoms with Crippen molar-refractivity contribution in [1.29, 1.82) is 0 Å². The molecule has 0 unspecified atom stereocenters. The first kappa shape index (κ1) is 29.5. The number of hydrogen-bond acceptors (Lipinski definition) is 9. The number of halogens is 4. The normalized spacial score (nSPS) is 15.0. The van der Waals surface area contributed by atoms with E-state index in [1.54, 1.807) is 0 Å². The van der Waals surface area contributed by atoms with Gasteiger partial charge in [0.25, 0.3) is 11.8 Å². The molecule has 42 heavy (non-hydrogen) atoms. The fraction of sp³-hybridized carbons (Fsp3) is 0.286. The largest absolute Gasteiger partial charge is 0.489 e. The number of carbonyl (C=O) groups excluding carboxylic acids is 3. The molecule has 220 valence electrons. The maximum atomic E-state index is 13.2.